The Bertz CT molecular complexity index is 169. The number of hydrogen-bond donors (Lipinski definition) is 1. The molecule has 0 aromatic rings. The average Bonchev–Trinajstić information content (AvgIpc) is 2.17. The number of nitrogens with two attached hydrogens (primary N) is 1. The first-order valence-corrected chi connectivity index (χ1v) is 4.44. The topological polar surface area (TPSA) is 75.2 Å². The zero-order chi connectivity index (χ0) is 13.0. The maximum atomic E-state index is 10.5. The van der Waals surface area contributed by atoms with Crippen LogP contribution in [0, 0.1) is 0 Å². The number of ether oxygens (including phenoxy) is 2. The largest absolute Gasteiger partial charge is 0.542 e. The number of hydrogen-bond acceptors (Lipinski definition) is 4. The number of rotatable bonds is 6. The number of carboxylic acid groups (broad SMARTS) is 1. The molecule has 2 N–H and O–H groups in total. The van der Waals surface area contributed by atoms with Crippen molar-refractivity contribution >= 4 is 5.97 Å². The summed E-state index contributed by atoms with van der Waals surface area (Å²) in [6.45, 7) is 3.70. The Labute approximate surface area is 91.5 Å². The van der Waals surface area contributed by atoms with Gasteiger partial charge >= 0.3 is 6.18 Å². The predicted molar refractivity (Wildman–Crippen MR) is 46.5 cm³/mol. The number of carbonyl (C=O) groups excluding carboxylic acids is 1. The van der Waals surface area contributed by atoms with Crippen molar-refractivity contribution in [2.24, 2.45) is 0 Å². The molecule has 0 aromatic heterocycles. The second-order valence-electron chi connectivity index (χ2n) is 2.64. The van der Waals surface area contributed by atoms with E-state index in [0.29, 0.717) is 0 Å². The van der Waals surface area contributed by atoms with Gasteiger partial charge in [-0.3, -0.25) is 0 Å². The highest BCUT2D eigenvalue weighted by Crippen LogP contribution is 2.11. The first kappa shape index (κ1) is 17.5. The van der Waals surface area contributed by atoms with Gasteiger partial charge in [-0.15, -0.1) is 0 Å². The monoisotopic (exact) mass is 247 g/mol. The molecule has 0 saturated carbocycles. The van der Waals surface area contributed by atoms with Gasteiger partial charge in [-0.2, -0.15) is 13.2 Å². The molecular formula is C8H16F3NO4. The zero-order valence-corrected chi connectivity index (χ0v) is 9.17. The molecule has 0 rings (SSSR count). The normalized spacial score (nSPS) is 10.6. The van der Waals surface area contributed by atoms with E-state index in [9.17, 15) is 13.2 Å². The molecule has 0 aliphatic heterocycles. The van der Waals surface area contributed by atoms with Gasteiger partial charge in [0.05, 0.1) is 26.3 Å². The third kappa shape index (κ3) is 15.6. The van der Waals surface area contributed by atoms with Crippen LogP contribution < -0.4 is 10.4 Å². The quantitative estimate of drug-likeness (QED) is 0.559. The molecular weight excluding hydrogens is 231 g/mol. The van der Waals surface area contributed by atoms with E-state index >= 15 is 0 Å². The van der Waals surface area contributed by atoms with Gasteiger partial charge in [-0.05, 0) is 0 Å². The van der Waals surface area contributed by atoms with Gasteiger partial charge in [-0.25, -0.2) is 0 Å². The second-order valence-corrected chi connectivity index (χ2v) is 2.64. The van der Waals surface area contributed by atoms with Crippen molar-refractivity contribution in [2.45, 2.75) is 6.18 Å². The average molecular weight is 247 g/mol. The van der Waals surface area contributed by atoms with E-state index in [1.54, 1.807) is 14.2 Å². The van der Waals surface area contributed by atoms with E-state index in [0.717, 1.165) is 26.3 Å². The van der Waals surface area contributed by atoms with Crippen molar-refractivity contribution in [3.63, 3.8) is 0 Å². The molecule has 0 spiro atoms. The fourth-order valence-corrected chi connectivity index (χ4v) is 0.547. The zero-order valence-electron chi connectivity index (χ0n) is 9.17. The van der Waals surface area contributed by atoms with Crippen LogP contribution in [0.25, 0.3) is 0 Å². The molecule has 0 fully saturated rings. The summed E-state index contributed by atoms with van der Waals surface area (Å²) in [5.41, 5.74) is 0. The van der Waals surface area contributed by atoms with Crippen LogP contribution in [0.3, 0.4) is 0 Å². The van der Waals surface area contributed by atoms with E-state index in [2.05, 4.69) is 5.32 Å². The highest BCUT2D eigenvalue weighted by Gasteiger charge is 2.28. The summed E-state index contributed by atoms with van der Waals surface area (Å²) in [6.07, 6.45) is -5.19. The molecule has 0 amide bonds. The predicted octanol–water partition coefficient (Wildman–Crippen LogP) is -1.86. The van der Waals surface area contributed by atoms with Gasteiger partial charge < -0.3 is 24.7 Å². The van der Waals surface area contributed by atoms with Crippen LogP contribution in [0.2, 0.25) is 0 Å². The fourth-order valence-electron chi connectivity index (χ4n) is 0.547. The summed E-state index contributed by atoms with van der Waals surface area (Å²) in [5, 5.41) is 11.0. The van der Waals surface area contributed by atoms with Crippen molar-refractivity contribution in [3.05, 3.63) is 0 Å². The third-order valence-electron chi connectivity index (χ3n) is 1.28. The van der Waals surface area contributed by atoms with E-state index in [-0.39, 0.29) is 0 Å². The molecule has 0 saturated heterocycles. The number of alkyl halides is 3. The molecule has 98 valence electrons. The van der Waals surface area contributed by atoms with Gasteiger partial charge in [-0.1, -0.05) is 0 Å². The van der Waals surface area contributed by atoms with Crippen LogP contribution in [0.4, 0.5) is 13.2 Å². The van der Waals surface area contributed by atoms with Crippen molar-refractivity contribution in [1.29, 1.82) is 0 Å². The number of halogens is 3. The van der Waals surface area contributed by atoms with Gasteiger partial charge in [0.1, 0.15) is 5.97 Å². The molecule has 0 aromatic carbocycles. The standard InChI is InChI=1S/C6H15NO2.C2HF3O2/c1-8-5-3-7-4-6-9-2;3-2(4,5)1(6)7/h7H,3-6H2,1-2H3;(H,6,7). The SMILES string of the molecule is COCC[NH2+]CCOC.O=C([O-])C(F)(F)F. The third-order valence-corrected chi connectivity index (χ3v) is 1.28. The lowest BCUT2D eigenvalue weighted by molar-refractivity contribution is -0.657. The summed E-state index contributed by atoms with van der Waals surface area (Å²) < 4.78 is 41.2. The Morgan fingerprint density at radius 3 is 1.69 bits per heavy atom. The minimum absolute atomic E-state index is 0.823. The molecule has 8 heteroatoms. The highest BCUT2D eigenvalue weighted by atomic mass is 19.4. The summed E-state index contributed by atoms with van der Waals surface area (Å²) in [6, 6.07) is 0. The molecule has 0 aliphatic carbocycles. The summed E-state index contributed by atoms with van der Waals surface area (Å²) >= 11 is 0. The molecule has 5 nitrogen and oxygen atoms in total. The lowest BCUT2D eigenvalue weighted by Gasteiger charge is -2.03. The number of aliphatic carboxylic acids is 1. The maximum absolute atomic E-state index is 10.5. The van der Waals surface area contributed by atoms with Crippen LogP contribution in [-0.2, 0) is 14.3 Å². The molecule has 0 heterocycles. The Balaban J connectivity index is 0. The molecule has 0 unspecified atom stereocenters. The van der Waals surface area contributed by atoms with E-state index in [4.69, 9.17) is 19.4 Å². The van der Waals surface area contributed by atoms with Crippen LogP contribution in [0.5, 0.6) is 0 Å². The summed E-state index contributed by atoms with van der Waals surface area (Å²) in [7, 11) is 3.42. The number of carboxylic acids is 1. The molecule has 0 aliphatic rings. The van der Waals surface area contributed by atoms with E-state index in [1.165, 1.54) is 0 Å². The molecule has 0 bridgehead atoms. The lowest BCUT2D eigenvalue weighted by atomic mass is 10.6. The van der Waals surface area contributed by atoms with Gasteiger partial charge in [0.25, 0.3) is 0 Å². The first-order chi connectivity index (χ1) is 7.36. The Kier molecular flexibility index (Phi) is 11.7. The van der Waals surface area contributed by atoms with Crippen LogP contribution in [0.15, 0.2) is 0 Å². The minimum Gasteiger partial charge on any atom is -0.542 e. The first-order valence-electron chi connectivity index (χ1n) is 4.44. The highest BCUT2D eigenvalue weighted by molar-refractivity contribution is 5.70. The maximum Gasteiger partial charge on any atom is 0.430 e. The second kappa shape index (κ2) is 10.7. The van der Waals surface area contributed by atoms with Crippen LogP contribution >= 0.6 is 0 Å². The smallest absolute Gasteiger partial charge is 0.430 e. The van der Waals surface area contributed by atoms with Crippen molar-refractivity contribution in [1.82, 2.24) is 0 Å². The van der Waals surface area contributed by atoms with Crippen molar-refractivity contribution in [3.8, 4) is 0 Å². The fraction of sp³-hybridized carbons (Fsp3) is 0.875. The van der Waals surface area contributed by atoms with E-state index < -0.39 is 12.1 Å². The van der Waals surface area contributed by atoms with Crippen LogP contribution in [0.1, 0.15) is 0 Å². The van der Waals surface area contributed by atoms with Gasteiger partial charge in [0.15, 0.2) is 0 Å². The number of quaternary nitrogens is 1. The Morgan fingerprint density at radius 1 is 1.19 bits per heavy atom. The molecule has 0 atom stereocenters. The molecule has 0 radical (unpaired) electrons. The Hall–Kier alpha value is -0.860. The van der Waals surface area contributed by atoms with Gasteiger partial charge in [0, 0.05) is 14.2 Å². The summed E-state index contributed by atoms with van der Waals surface area (Å²) in [5.74, 6) is -3.01. The molecule has 16 heavy (non-hydrogen) atoms. The minimum atomic E-state index is -5.19. The van der Waals surface area contributed by atoms with Crippen LogP contribution in [-0.4, -0.2) is 52.7 Å². The Morgan fingerprint density at radius 2 is 1.50 bits per heavy atom. The van der Waals surface area contributed by atoms with Gasteiger partial charge in [0.2, 0.25) is 0 Å². The van der Waals surface area contributed by atoms with E-state index in [1.807, 2.05) is 0 Å². The number of carbonyl (C=O) groups is 1. The van der Waals surface area contributed by atoms with Crippen molar-refractivity contribution in [2.75, 3.05) is 40.5 Å². The lowest BCUT2D eigenvalue weighted by Crippen LogP contribution is -2.86. The summed E-state index contributed by atoms with van der Waals surface area (Å²) in [4.78, 5) is 8.78. The number of methoxy groups -OCH3 is 2. The van der Waals surface area contributed by atoms with Crippen molar-refractivity contribution < 1.29 is 37.9 Å².